The fourth-order valence-corrected chi connectivity index (χ4v) is 2.31. The van der Waals surface area contributed by atoms with Gasteiger partial charge in [0.15, 0.2) is 0 Å². The summed E-state index contributed by atoms with van der Waals surface area (Å²) in [7, 11) is 0. The fraction of sp³-hybridized carbons (Fsp3) is 0.538. The summed E-state index contributed by atoms with van der Waals surface area (Å²) in [4.78, 5) is 12.6. The molecule has 2 N–H and O–H groups in total. The summed E-state index contributed by atoms with van der Waals surface area (Å²) in [6.07, 6.45) is 3.83. The molecular weight excluding hydrogens is 230 g/mol. The maximum atomic E-state index is 10.8. The van der Waals surface area contributed by atoms with E-state index in [9.17, 15) is 10.1 Å². The Morgan fingerprint density at radius 3 is 2.67 bits per heavy atom. The van der Waals surface area contributed by atoms with E-state index in [0.29, 0.717) is 5.69 Å². The molecule has 0 amide bonds. The number of nitro benzene ring substituents is 1. The van der Waals surface area contributed by atoms with Gasteiger partial charge in [-0.3, -0.25) is 10.1 Å². The number of benzene rings is 1. The van der Waals surface area contributed by atoms with Crippen molar-refractivity contribution in [3.63, 3.8) is 0 Å². The van der Waals surface area contributed by atoms with E-state index in [0.717, 1.165) is 24.7 Å². The Kier molecular flexibility index (Phi) is 3.69. The number of nitrogens with two attached hydrogens (primary N) is 1. The van der Waals surface area contributed by atoms with Crippen LogP contribution in [0.4, 0.5) is 17.1 Å². The summed E-state index contributed by atoms with van der Waals surface area (Å²) >= 11 is 0. The molecule has 0 saturated heterocycles. The summed E-state index contributed by atoms with van der Waals surface area (Å²) in [5, 5.41) is 10.8. The first-order valence-corrected chi connectivity index (χ1v) is 6.40. The molecule has 0 radical (unpaired) electrons. The Labute approximate surface area is 107 Å². The number of nitrogens with zero attached hydrogens (tertiary/aromatic N) is 2. The summed E-state index contributed by atoms with van der Waals surface area (Å²) < 4.78 is 0. The largest absolute Gasteiger partial charge is 0.398 e. The lowest BCUT2D eigenvalue weighted by Gasteiger charge is -2.33. The van der Waals surface area contributed by atoms with Crippen LogP contribution in [0.5, 0.6) is 0 Å². The molecule has 0 spiro atoms. The van der Waals surface area contributed by atoms with Crippen LogP contribution in [0.2, 0.25) is 0 Å². The highest BCUT2D eigenvalue weighted by molar-refractivity contribution is 5.62. The van der Waals surface area contributed by atoms with E-state index >= 15 is 0 Å². The first-order valence-electron chi connectivity index (χ1n) is 6.40. The third-order valence-electron chi connectivity index (χ3n) is 3.59. The van der Waals surface area contributed by atoms with Gasteiger partial charge in [0.05, 0.1) is 4.92 Å². The van der Waals surface area contributed by atoms with Crippen molar-refractivity contribution in [3.05, 3.63) is 28.3 Å². The third-order valence-corrected chi connectivity index (χ3v) is 3.59. The maximum absolute atomic E-state index is 10.8. The van der Waals surface area contributed by atoms with Crippen LogP contribution in [0.25, 0.3) is 0 Å². The van der Waals surface area contributed by atoms with Crippen LogP contribution in [-0.2, 0) is 0 Å². The highest BCUT2D eigenvalue weighted by atomic mass is 16.6. The van der Waals surface area contributed by atoms with Crippen molar-refractivity contribution in [2.24, 2.45) is 5.92 Å². The minimum Gasteiger partial charge on any atom is -0.398 e. The standard InChI is InChI=1S/C13H19N3O2/c1-2-15(9-10-4-3-5-10)12-6-11(14)7-13(8-12)16(17)18/h6-8,10H,2-5,9,14H2,1H3. The third kappa shape index (κ3) is 2.72. The highest BCUT2D eigenvalue weighted by Gasteiger charge is 2.21. The van der Waals surface area contributed by atoms with E-state index in [2.05, 4.69) is 11.8 Å². The highest BCUT2D eigenvalue weighted by Crippen LogP contribution is 2.31. The van der Waals surface area contributed by atoms with Gasteiger partial charge in [-0.2, -0.15) is 0 Å². The molecule has 0 atom stereocenters. The van der Waals surface area contributed by atoms with Crippen molar-refractivity contribution in [2.45, 2.75) is 26.2 Å². The molecular formula is C13H19N3O2. The molecule has 1 aliphatic carbocycles. The van der Waals surface area contributed by atoms with Gasteiger partial charge in [0.1, 0.15) is 0 Å². The monoisotopic (exact) mass is 249 g/mol. The normalized spacial score (nSPS) is 15.2. The lowest BCUT2D eigenvalue weighted by Crippen LogP contribution is -2.32. The van der Waals surface area contributed by atoms with Crippen molar-refractivity contribution in [1.29, 1.82) is 0 Å². The quantitative estimate of drug-likeness (QED) is 0.494. The molecule has 1 saturated carbocycles. The molecule has 98 valence electrons. The molecule has 0 heterocycles. The summed E-state index contributed by atoms with van der Waals surface area (Å²) in [5.74, 6) is 0.727. The van der Waals surface area contributed by atoms with Crippen LogP contribution in [0.1, 0.15) is 26.2 Å². The molecule has 1 aromatic rings. The molecule has 0 bridgehead atoms. The van der Waals surface area contributed by atoms with E-state index in [1.54, 1.807) is 6.07 Å². The molecule has 1 aliphatic rings. The molecule has 1 fully saturated rings. The van der Waals surface area contributed by atoms with Gasteiger partial charge in [-0.15, -0.1) is 0 Å². The topological polar surface area (TPSA) is 72.4 Å². The number of hydrogen-bond donors (Lipinski definition) is 1. The fourth-order valence-electron chi connectivity index (χ4n) is 2.31. The molecule has 0 aromatic heterocycles. The second-order valence-electron chi connectivity index (χ2n) is 4.88. The van der Waals surface area contributed by atoms with Gasteiger partial charge in [-0.1, -0.05) is 6.42 Å². The van der Waals surface area contributed by atoms with Crippen molar-refractivity contribution in [2.75, 3.05) is 23.7 Å². The van der Waals surface area contributed by atoms with Gasteiger partial charge >= 0.3 is 0 Å². The summed E-state index contributed by atoms with van der Waals surface area (Å²) in [6.45, 7) is 3.88. The van der Waals surface area contributed by atoms with E-state index in [-0.39, 0.29) is 5.69 Å². The zero-order valence-electron chi connectivity index (χ0n) is 10.6. The lowest BCUT2D eigenvalue weighted by molar-refractivity contribution is -0.384. The average Bonchev–Trinajstić information content (AvgIpc) is 2.27. The minimum absolute atomic E-state index is 0.0667. The van der Waals surface area contributed by atoms with Gasteiger partial charge in [0, 0.05) is 36.6 Å². The number of hydrogen-bond acceptors (Lipinski definition) is 4. The lowest BCUT2D eigenvalue weighted by atomic mass is 9.85. The van der Waals surface area contributed by atoms with Crippen LogP contribution in [0.15, 0.2) is 18.2 Å². The molecule has 0 unspecified atom stereocenters. The van der Waals surface area contributed by atoms with Crippen LogP contribution in [0.3, 0.4) is 0 Å². The molecule has 5 nitrogen and oxygen atoms in total. The second-order valence-corrected chi connectivity index (χ2v) is 4.88. The van der Waals surface area contributed by atoms with Crippen LogP contribution >= 0.6 is 0 Å². The second kappa shape index (κ2) is 5.25. The van der Waals surface area contributed by atoms with Crippen LogP contribution < -0.4 is 10.6 Å². The van der Waals surface area contributed by atoms with Crippen molar-refractivity contribution in [3.8, 4) is 0 Å². The first kappa shape index (κ1) is 12.7. The summed E-state index contributed by atoms with van der Waals surface area (Å²) in [6, 6.07) is 4.83. The van der Waals surface area contributed by atoms with Crippen molar-refractivity contribution in [1.82, 2.24) is 0 Å². The smallest absolute Gasteiger partial charge is 0.273 e. The predicted octanol–water partition coefficient (Wildman–Crippen LogP) is 2.80. The molecule has 5 heteroatoms. The number of non-ortho nitro benzene ring substituents is 1. The zero-order chi connectivity index (χ0) is 13.1. The van der Waals surface area contributed by atoms with E-state index < -0.39 is 4.92 Å². The molecule has 1 aromatic carbocycles. The Morgan fingerprint density at radius 1 is 1.44 bits per heavy atom. The van der Waals surface area contributed by atoms with Gasteiger partial charge < -0.3 is 10.6 Å². The number of nitrogen functional groups attached to an aromatic ring is 1. The van der Waals surface area contributed by atoms with E-state index in [1.165, 1.54) is 25.3 Å². The van der Waals surface area contributed by atoms with Crippen molar-refractivity contribution >= 4 is 17.1 Å². The van der Waals surface area contributed by atoms with Gasteiger partial charge in [0.2, 0.25) is 0 Å². The van der Waals surface area contributed by atoms with Gasteiger partial charge in [-0.05, 0) is 31.7 Å². The van der Waals surface area contributed by atoms with Crippen molar-refractivity contribution < 1.29 is 4.92 Å². The molecule has 18 heavy (non-hydrogen) atoms. The van der Waals surface area contributed by atoms with Crippen LogP contribution in [0, 0.1) is 16.0 Å². The number of nitro groups is 1. The SMILES string of the molecule is CCN(CC1CCC1)c1cc(N)cc([N+](=O)[O-])c1. The predicted molar refractivity (Wildman–Crippen MR) is 72.7 cm³/mol. The number of anilines is 2. The first-order chi connectivity index (χ1) is 8.60. The van der Waals surface area contributed by atoms with Crippen LogP contribution in [-0.4, -0.2) is 18.0 Å². The minimum atomic E-state index is -0.392. The Bertz CT molecular complexity index is 444. The Hall–Kier alpha value is -1.78. The molecule has 2 rings (SSSR count). The van der Waals surface area contributed by atoms with Gasteiger partial charge in [0.25, 0.3) is 5.69 Å². The zero-order valence-corrected chi connectivity index (χ0v) is 10.6. The Balaban J connectivity index is 2.20. The average molecular weight is 249 g/mol. The van der Waals surface area contributed by atoms with E-state index in [1.807, 2.05) is 6.07 Å². The van der Waals surface area contributed by atoms with Gasteiger partial charge in [-0.25, -0.2) is 0 Å². The maximum Gasteiger partial charge on any atom is 0.273 e. The molecule has 0 aliphatic heterocycles. The van der Waals surface area contributed by atoms with E-state index in [4.69, 9.17) is 5.73 Å². The summed E-state index contributed by atoms with van der Waals surface area (Å²) in [5.41, 5.74) is 7.11. The number of rotatable bonds is 5. The Morgan fingerprint density at radius 2 is 2.17 bits per heavy atom.